The van der Waals surface area contributed by atoms with E-state index in [1.54, 1.807) is 0 Å². The molecular weight excluding hydrogens is 228 g/mol. The van der Waals surface area contributed by atoms with Gasteiger partial charge in [-0.15, -0.1) is 0 Å². The molecule has 1 rings (SSSR count). The van der Waals surface area contributed by atoms with Crippen molar-refractivity contribution < 1.29 is 9.59 Å². The highest BCUT2D eigenvalue weighted by Gasteiger charge is 2.04. The van der Waals surface area contributed by atoms with Gasteiger partial charge in [0.1, 0.15) is 0 Å². The molecule has 0 aromatic heterocycles. The molecule has 2 amide bonds. The summed E-state index contributed by atoms with van der Waals surface area (Å²) in [5, 5.41) is 5.50. The molecule has 0 bridgehead atoms. The van der Waals surface area contributed by atoms with Crippen molar-refractivity contribution in [2.24, 2.45) is 0 Å². The number of carbonyl (C=O) groups excluding carboxylic acids is 2. The topological polar surface area (TPSA) is 58.2 Å². The Morgan fingerprint density at radius 3 is 2.44 bits per heavy atom. The van der Waals surface area contributed by atoms with Crippen molar-refractivity contribution in [3.63, 3.8) is 0 Å². The van der Waals surface area contributed by atoms with Gasteiger partial charge >= 0.3 is 0 Å². The lowest BCUT2D eigenvalue weighted by molar-refractivity contribution is -0.121. The average molecular weight is 248 g/mol. The van der Waals surface area contributed by atoms with Crippen molar-refractivity contribution in [1.82, 2.24) is 5.32 Å². The first-order chi connectivity index (χ1) is 8.72. The first-order valence-electron chi connectivity index (χ1n) is 6.34. The summed E-state index contributed by atoms with van der Waals surface area (Å²) < 4.78 is 0. The molecule has 0 atom stereocenters. The molecule has 0 unspecified atom stereocenters. The Labute approximate surface area is 108 Å². The highest BCUT2D eigenvalue weighted by atomic mass is 16.2. The van der Waals surface area contributed by atoms with Crippen LogP contribution in [0.2, 0.25) is 0 Å². The number of hydrogen-bond donors (Lipinski definition) is 2. The molecule has 0 fully saturated rings. The first kappa shape index (κ1) is 14.2. The van der Waals surface area contributed by atoms with E-state index in [1.807, 2.05) is 37.3 Å². The van der Waals surface area contributed by atoms with Gasteiger partial charge < -0.3 is 10.6 Å². The fourth-order valence-corrected chi connectivity index (χ4v) is 1.49. The molecule has 0 spiro atoms. The number of benzene rings is 1. The quantitative estimate of drug-likeness (QED) is 0.778. The van der Waals surface area contributed by atoms with Crippen molar-refractivity contribution >= 4 is 17.5 Å². The van der Waals surface area contributed by atoms with Crippen LogP contribution in [0.25, 0.3) is 0 Å². The monoisotopic (exact) mass is 248 g/mol. The summed E-state index contributed by atoms with van der Waals surface area (Å²) in [6, 6.07) is 9.28. The minimum atomic E-state index is -0.0861. The van der Waals surface area contributed by atoms with Crippen molar-refractivity contribution in [3.05, 3.63) is 30.3 Å². The van der Waals surface area contributed by atoms with Crippen LogP contribution < -0.4 is 10.6 Å². The van der Waals surface area contributed by atoms with Crippen LogP contribution in [-0.4, -0.2) is 18.4 Å². The van der Waals surface area contributed by atoms with Gasteiger partial charge in [-0.2, -0.15) is 0 Å². The lowest BCUT2D eigenvalue weighted by Crippen LogP contribution is -2.27. The highest BCUT2D eigenvalue weighted by molar-refractivity contribution is 5.91. The minimum absolute atomic E-state index is 0.0179. The van der Waals surface area contributed by atoms with Gasteiger partial charge in [0.25, 0.3) is 0 Å². The van der Waals surface area contributed by atoms with Gasteiger partial charge in [0.2, 0.25) is 11.8 Å². The molecule has 1 aromatic rings. The van der Waals surface area contributed by atoms with Crippen LogP contribution >= 0.6 is 0 Å². The normalized spacial score (nSPS) is 9.83. The second kappa shape index (κ2) is 8.28. The Balaban J connectivity index is 2.16. The summed E-state index contributed by atoms with van der Waals surface area (Å²) in [7, 11) is 0. The molecule has 18 heavy (non-hydrogen) atoms. The van der Waals surface area contributed by atoms with Crippen molar-refractivity contribution in [3.8, 4) is 0 Å². The number of hydrogen-bond acceptors (Lipinski definition) is 2. The fourth-order valence-electron chi connectivity index (χ4n) is 1.49. The van der Waals surface area contributed by atoms with Crippen molar-refractivity contribution in [1.29, 1.82) is 0 Å². The second-order valence-corrected chi connectivity index (χ2v) is 4.12. The average Bonchev–Trinajstić information content (AvgIpc) is 2.37. The summed E-state index contributed by atoms with van der Waals surface area (Å²) in [4.78, 5) is 22.8. The number of para-hydroxylation sites is 1. The van der Waals surface area contributed by atoms with Gasteiger partial charge in [0, 0.05) is 25.1 Å². The molecule has 0 saturated heterocycles. The number of carbonyl (C=O) groups is 2. The van der Waals surface area contributed by atoms with E-state index in [0.717, 1.165) is 18.5 Å². The van der Waals surface area contributed by atoms with Crippen molar-refractivity contribution in [2.45, 2.75) is 32.6 Å². The van der Waals surface area contributed by atoms with Gasteiger partial charge in [-0.3, -0.25) is 9.59 Å². The molecular formula is C14H20N2O2. The van der Waals surface area contributed by atoms with Crippen molar-refractivity contribution in [2.75, 3.05) is 11.9 Å². The van der Waals surface area contributed by atoms with E-state index < -0.39 is 0 Å². The first-order valence-corrected chi connectivity index (χ1v) is 6.34. The zero-order valence-electron chi connectivity index (χ0n) is 10.7. The molecule has 0 heterocycles. The SMILES string of the molecule is CCCCC(=O)NCCC(=O)Nc1ccccc1. The number of amides is 2. The van der Waals surface area contributed by atoms with Crippen LogP contribution in [0.3, 0.4) is 0 Å². The zero-order valence-corrected chi connectivity index (χ0v) is 10.7. The maximum Gasteiger partial charge on any atom is 0.226 e. The molecule has 0 radical (unpaired) electrons. The van der Waals surface area contributed by atoms with E-state index in [0.29, 0.717) is 19.4 Å². The smallest absolute Gasteiger partial charge is 0.226 e. The molecule has 0 aliphatic carbocycles. The predicted molar refractivity (Wildman–Crippen MR) is 72.2 cm³/mol. The number of rotatable bonds is 7. The largest absolute Gasteiger partial charge is 0.356 e. The lowest BCUT2D eigenvalue weighted by Gasteiger charge is -2.06. The molecule has 4 nitrogen and oxygen atoms in total. The van der Waals surface area contributed by atoms with Gasteiger partial charge in [-0.1, -0.05) is 31.5 Å². The Morgan fingerprint density at radius 1 is 1.06 bits per heavy atom. The molecule has 0 aliphatic heterocycles. The Morgan fingerprint density at radius 2 is 1.78 bits per heavy atom. The summed E-state index contributed by atoms with van der Waals surface area (Å²) in [5.74, 6) is -0.0682. The van der Waals surface area contributed by atoms with E-state index in [-0.39, 0.29) is 11.8 Å². The maximum absolute atomic E-state index is 11.5. The number of anilines is 1. The van der Waals surface area contributed by atoms with Gasteiger partial charge in [0.05, 0.1) is 0 Å². The van der Waals surface area contributed by atoms with E-state index >= 15 is 0 Å². The van der Waals surface area contributed by atoms with Crippen LogP contribution in [-0.2, 0) is 9.59 Å². The third kappa shape index (κ3) is 6.03. The van der Waals surface area contributed by atoms with E-state index in [9.17, 15) is 9.59 Å². The lowest BCUT2D eigenvalue weighted by atomic mass is 10.2. The van der Waals surface area contributed by atoms with Crippen LogP contribution in [0.4, 0.5) is 5.69 Å². The van der Waals surface area contributed by atoms with E-state index in [1.165, 1.54) is 0 Å². The van der Waals surface area contributed by atoms with E-state index in [2.05, 4.69) is 10.6 Å². The Bertz CT molecular complexity index is 377. The fraction of sp³-hybridized carbons (Fsp3) is 0.429. The molecule has 98 valence electrons. The van der Waals surface area contributed by atoms with Crippen LogP contribution in [0, 0.1) is 0 Å². The molecule has 2 N–H and O–H groups in total. The number of nitrogens with one attached hydrogen (secondary N) is 2. The van der Waals surface area contributed by atoms with Gasteiger partial charge in [-0.05, 0) is 18.6 Å². The minimum Gasteiger partial charge on any atom is -0.356 e. The van der Waals surface area contributed by atoms with Crippen LogP contribution in [0.1, 0.15) is 32.6 Å². The van der Waals surface area contributed by atoms with E-state index in [4.69, 9.17) is 0 Å². The molecule has 0 aliphatic rings. The zero-order chi connectivity index (χ0) is 13.2. The maximum atomic E-state index is 11.5. The standard InChI is InChI=1S/C14H20N2O2/c1-2-3-9-13(17)15-11-10-14(18)16-12-7-5-4-6-8-12/h4-8H,2-3,9-11H2,1H3,(H,15,17)(H,16,18). The summed E-state index contributed by atoms with van der Waals surface area (Å²) >= 11 is 0. The molecule has 1 aromatic carbocycles. The Hall–Kier alpha value is -1.84. The van der Waals surface area contributed by atoms with Crippen LogP contribution in [0.15, 0.2) is 30.3 Å². The Kier molecular flexibility index (Phi) is 6.54. The number of unbranched alkanes of at least 4 members (excludes halogenated alkanes) is 1. The van der Waals surface area contributed by atoms with Gasteiger partial charge in [0.15, 0.2) is 0 Å². The highest BCUT2D eigenvalue weighted by Crippen LogP contribution is 2.04. The summed E-state index contributed by atoms with van der Waals surface area (Å²) in [6.07, 6.45) is 2.73. The second-order valence-electron chi connectivity index (χ2n) is 4.12. The predicted octanol–water partition coefficient (Wildman–Crippen LogP) is 2.32. The summed E-state index contributed by atoms with van der Waals surface area (Å²) in [5.41, 5.74) is 0.778. The van der Waals surface area contributed by atoms with Gasteiger partial charge in [-0.25, -0.2) is 0 Å². The molecule has 4 heteroatoms. The third-order valence-electron chi connectivity index (χ3n) is 2.49. The molecule has 0 saturated carbocycles. The summed E-state index contributed by atoms with van der Waals surface area (Å²) in [6.45, 7) is 2.43. The van der Waals surface area contributed by atoms with Crippen LogP contribution in [0.5, 0.6) is 0 Å². The third-order valence-corrected chi connectivity index (χ3v) is 2.49.